The quantitative estimate of drug-likeness (QED) is 0.778. The molecule has 1 N–H and O–H groups in total. The van der Waals surface area contributed by atoms with Crippen LogP contribution in [-0.4, -0.2) is 12.8 Å². The van der Waals surface area contributed by atoms with Crippen LogP contribution in [0.2, 0.25) is 0 Å². The second kappa shape index (κ2) is 7.51. The zero-order valence-electron chi connectivity index (χ0n) is 12.5. The maximum atomic E-state index is 3.43. The van der Waals surface area contributed by atoms with Crippen LogP contribution in [0.4, 0.5) is 0 Å². The molecule has 1 nitrogen and oxygen atoms in total. The van der Waals surface area contributed by atoms with Gasteiger partial charge in [0.15, 0.2) is 0 Å². The van der Waals surface area contributed by atoms with Gasteiger partial charge in [-0.25, -0.2) is 0 Å². The Morgan fingerprint density at radius 2 is 1.85 bits per heavy atom. The Morgan fingerprint density at radius 3 is 2.45 bits per heavy atom. The molecule has 2 aromatic carbocycles. The molecule has 0 bridgehead atoms. The van der Waals surface area contributed by atoms with Gasteiger partial charge in [-0.2, -0.15) is 0 Å². The van der Waals surface area contributed by atoms with E-state index < -0.39 is 0 Å². The summed E-state index contributed by atoms with van der Waals surface area (Å²) in [5.41, 5.74) is 4.07. The van der Waals surface area contributed by atoms with Crippen molar-refractivity contribution in [3.63, 3.8) is 0 Å². The number of nitrogens with one attached hydrogen (secondary N) is 1. The first kappa shape index (κ1) is 15.1. The van der Waals surface area contributed by atoms with Crippen molar-refractivity contribution >= 4 is 11.8 Å². The van der Waals surface area contributed by atoms with Crippen LogP contribution < -0.4 is 5.32 Å². The average molecular weight is 285 g/mol. The summed E-state index contributed by atoms with van der Waals surface area (Å²) in [6, 6.07) is 18.1. The summed E-state index contributed by atoms with van der Waals surface area (Å²) in [6.07, 6.45) is 1.03. The van der Waals surface area contributed by atoms with Crippen molar-refractivity contribution in [3.8, 4) is 0 Å². The summed E-state index contributed by atoms with van der Waals surface area (Å²) in [4.78, 5) is 1.35. The molecule has 0 aliphatic rings. The molecule has 0 aliphatic heterocycles. The van der Waals surface area contributed by atoms with Gasteiger partial charge >= 0.3 is 0 Å². The van der Waals surface area contributed by atoms with Gasteiger partial charge in [0.25, 0.3) is 0 Å². The minimum absolute atomic E-state index is 0.373. The van der Waals surface area contributed by atoms with Crippen molar-refractivity contribution in [2.24, 2.45) is 0 Å². The lowest BCUT2D eigenvalue weighted by atomic mass is 9.98. The summed E-state index contributed by atoms with van der Waals surface area (Å²) in [5.74, 6) is 1.12. The molecule has 0 amide bonds. The fourth-order valence-corrected chi connectivity index (χ4v) is 3.09. The Bertz CT molecular complexity index is 533. The van der Waals surface area contributed by atoms with Crippen LogP contribution in [-0.2, 0) is 6.42 Å². The Morgan fingerprint density at radius 1 is 1.10 bits per heavy atom. The molecule has 0 saturated carbocycles. The first-order chi connectivity index (χ1) is 9.72. The van der Waals surface area contributed by atoms with Crippen molar-refractivity contribution in [2.45, 2.75) is 31.2 Å². The largest absolute Gasteiger partial charge is 0.313 e. The van der Waals surface area contributed by atoms with E-state index in [0.717, 1.165) is 12.2 Å². The predicted molar refractivity (Wildman–Crippen MR) is 89.5 cm³/mol. The normalized spacial score (nSPS) is 12.3. The number of thioether (sulfide) groups is 1. The molecule has 20 heavy (non-hydrogen) atoms. The molecule has 0 fully saturated rings. The molecule has 106 valence electrons. The van der Waals surface area contributed by atoms with Gasteiger partial charge in [0, 0.05) is 10.9 Å². The van der Waals surface area contributed by atoms with Gasteiger partial charge in [-0.05, 0) is 49.4 Å². The second-order valence-electron chi connectivity index (χ2n) is 5.04. The molecule has 0 saturated heterocycles. The average Bonchev–Trinajstić information content (AvgIpc) is 2.46. The van der Waals surface area contributed by atoms with Gasteiger partial charge in [-0.1, -0.05) is 48.9 Å². The summed E-state index contributed by atoms with van der Waals surface area (Å²) in [5, 5.41) is 3.43. The first-order valence-corrected chi connectivity index (χ1v) is 8.17. The summed E-state index contributed by atoms with van der Waals surface area (Å²) < 4.78 is 0. The molecule has 0 aliphatic carbocycles. The number of benzene rings is 2. The van der Waals surface area contributed by atoms with Crippen LogP contribution in [0.25, 0.3) is 0 Å². The third-order valence-electron chi connectivity index (χ3n) is 3.46. The van der Waals surface area contributed by atoms with Crippen molar-refractivity contribution in [3.05, 3.63) is 65.2 Å². The highest BCUT2D eigenvalue weighted by atomic mass is 32.2. The molecule has 0 aromatic heterocycles. The molecule has 2 heteroatoms. The highest BCUT2D eigenvalue weighted by Crippen LogP contribution is 2.23. The molecule has 1 unspecified atom stereocenters. The van der Waals surface area contributed by atoms with E-state index in [-0.39, 0.29) is 0 Å². The fourth-order valence-electron chi connectivity index (χ4n) is 2.42. The summed E-state index contributed by atoms with van der Waals surface area (Å²) in [7, 11) is 2.04. The van der Waals surface area contributed by atoms with Crippen LogP contribution in [0, 0.1) is 6.92 Å². The molecular formula is C18H23NS. The fraction of sp³-hybridized carbons (Fsp3) is 0.333. The molecular weight excluding hydrogens is 262 g/mol. The van der Waals surface area contributed by atoms with Gasteiger partial charge in [-0.15, -0.1) is 11.8 Å². The minimum atomic E-state index is 0.373. The standard InChI is InChI=1S/C18H23NS/c1-4-20-17-10-8-16(9-11-17)18(19-3)13-15-7-5-6-14(2)12-15/h5-12,18-19H,4,13H2,1-3H3. The van der Waals surface area contributed by atoms with Crippen molar-refractivity contribution in [1.82, 2.24) is 5.32 Å². The van der Waals surface area contributed by atoms with Gasteiger partial charge in [0.2, 0.25) is 0 Å². The van der Waals surface area contributed by atoms with Crippen LogP contribution in [0.5, 0.6) is 0 Å². The molecule has 0 spiro atoms. The number of rotatable bonds is 6. The SMILES string of the molecule is CCSc1ccc(C(Cc2cccc(C)c2)NC)cc1. The topological polar surface area (TPSA) is 12.0 Å². The van der Waals surface area contributed by atoms with Crippen LogP contribution in [0.1, 0.15) is 29.7 Å². The number of aryl methyl sites for hydroxylation is 1. The molecule has 0 radical (unpaired) electrons. The molecule has 2 aromatic rings. The summed E-state index contributed by atoms with van der Waals surface area (Å²) >= 11 is 1.89. The van der Waals surface area contributed by atoms with Crippen LogP contribution in [0.3, 0.4) is 0 Å². The van der Waals surface area contributed by atoms with Crippen LogP contribution >= 0.6 is 11.8 Å². The van der Waals surface area contributed by atoms with E-state index in [9.17, 15) is 0 Å². The van der Waals surface area contributed by atoms with Gasteiger partial charge in [-0.3, -0.25) is 0 Å². The van der Waals surface area contributed by atoms with Gasteiger partial charge < -0.3 is 5.32 Å². The van der Waals surface area contributed by atoms with E-state index in [1.165, 1.54) is 21.6 Å². The van der Waals surface area contributed by atoms with E-state index in [2.05, 4.69) is 67.7 Å². The minimum Gasteiger partial charge on any atom is -0.313 e. The number of hydrogen-bond acceptors (Lipinski definition) is 2. The van der Waals surface area contributed by atoms with Crippen molar-refractivity contribution in [1.29, 1.82) is 0 Å². The number of likely N-dealkylation sites (N-methyl/N-ethyl adjacent to an activating group) is 1. The van der Waals surface area contributed by atoms with E-state index in [0.29, 0.717) is 6.04 Å². The molecule has 1 atom stereocenters. The van der Waals surface area contributed by atoms with E-state index >= 15 is 0 Å². The predicted octanol–water partition coefficient (Wildman–Crippen LogP) is 4.61. The summed E-state index contributed by atoms with van der Waals surface area (Å²) in [6.45, 7) is 4.33. The Balaban J connectivity index is 2.11. The van der Waals surface area contributed by atoms with Crippen molar-refractivity contribution < 1.29 is 0 Å². The molecule has 2 rings (SSSR count). The lowest BCUT2D eigenvalue weighted by molar-refractivity contribution is 0.591. The van der Waals surface area contributed by atoms with E-state index in [4.69, 9.17) is 0 Å². The van der Waals surface area contributed by atoms with E-state index in [1.807, 2.05) is 18.8 Å². The lowest BCUT2D eigenvalue weighted by Gasteiger charge is -2.17. The zero-order valence-corrected chi connectivity index (χ0v) is 13.3. The van der Waals surface area contributed by atoms with Gasteiger partial charge in [0.05, 0.1) is 0 Å². The number of hydrogen-bond donors (Lipinski definition) is 1. The van der Waals surface area contributed by atoms with Crippen molar-refractivity contribution in [2.75, 3.05) is 12.8 Å². The highest BCUT2D eigenvalue weighted by Gasteiger charge is 2.10. The Hall–Kier alpha value is -1.25. The van der Waals surface area contributed by atoms with Gasteiger partial charge in [0.1, 0.15) is 0 Å². The lowest BCUT2D eigenvalue weighted by Crippen LogP contribution is -2.18. The third kappa shape index (κ3) is 4.12. The second-order valence-corrected chi connectivity index (χ2v) is 6.37. The maximum Gasteiger partial charge on any atom is 0.0358 e. The zero-order chi connectivity index (χ0) is 14.4. The maximum absolute atomic E-state index is 3.43. The smallest absolute Gasteiger partial charge is 0.0358 e. The van der Waals surface area contributed by atoms with Crippen LogP contribution in [0.15, 0.2) is 53.4 Å². The Labute approximate surface area is 126 Å². The third-order valence-corrected chi connectivity index (χ3v) is 4.36. The monoisotopic (exact) mass is 285 g/mol. The van der Waals surface area contributed by atoms with E-state index in [1.54, 1.807) is 0 Å². The Kier molecular flexibility index (Phi) is 5.69. The molecule has 0 heterocycles. The first-order valence-electron chi connectivity index (χ1n) is 7.18. The highest BCUT2D eigenvalue weighted by molar-refractivity contribution is 7.99.